The van der Waals surface area contributed by atoms with Crippen LogP contribution in [0.3, 0.4) is 0 Å². The number of carbonyl (C=O) groups excluding carboxylic acids is 1. The Morgan fingerprint density at radius 3 is 2.39 bits per heavy atom. The number of aliphatic hydroxyl groups is 1. The Morgan fingerprint density at radius 2 is 1.84 bits per heavy atom. The van der Waals surface area contributed by atoms with Crippen LogP contribution in [0.1, 0.15) is 51.3 Å². The molecule has 2 aromatic carbocycles. The molecule has 1 N–H and O–H groups in total. The summed E-state index contributed by atoms with van der Waals surface area (Å²) in [4.78, 5) is 14.9. The molecule has 0 atom stereocenters. The molecule has 0 aliphatic heterocycles. The number of fused-ring (bicyclic) bond motifs is 3. The standard InChI is InChI=1S/C22H20N.C5H8O2.Ir/c1-22(2,3)16-13-11-15(12-14-16)21-19-9-6-8-17(19)18-7-4-5-10-20(18)23-21;1-4(6)3-5(2)7;/h4-7,9-11,13-14H,8H2,1-3H3;3,6H,1-2H3;/q-1;;/b;4-3-;. The van der Waals surface area contributed by atoms with Crippen LogP contribution in [-0.4, -0.2) is 15.9 Å². The van der Waals surface area contributed by atoms with Crippen LogP contribution in [0.15, 0.2) is 60.4 Å². The fraction of sp³-hybridized carbons (Fsp3) is 0.259. The van der Waals surface area contributed by atoms with Crippen LogP contribution < -0.4 is 0 Å². The second-order valence-corrected chi connectivity index (χ2v) is 8.61. The van der Waals surface area contributed by atoms with Gasteiger partial charge < -0.3 is 5.11 Å². The minimum absolute atomic E-state index is 0. The summed E-state index contributed by atoms with van der Waals surface area (Å²) in [6.07, 6.45) is 6.59. The van der Waals surface area contributed by atoms with E-state index in [9.17, 15) is 4.79 Å². The normalized spacial score (nSPS) is 12.6. The molecular weight excluding hydrogens is 563 g/mol. The Bertz CT molecular complexity index is 1130. The van der Waals surface area contributed by atoms with Crippen molar-refractivity contribution in [2.24, 2.45) is 0 Å². The maximum atomic E-state index is 10.0. The SMILES string of the molecule is CC(=O)/C=C(/C)O.CC(C)(C)c1c[c-]c(-c2nc3ccccc3c3c2C=CC3)cc1.[Ir]. The predicted molar refractivity (Wildman–Crippen MR) is 125 cm³/mol. The molecule has 3 aromatic rings. The van der Waals surface area contributed by atoms with Crippen LogP contribution in [0.5, 0.6) is 0 Å². The van der Waals surface area contributed by atoms with Crippen molar-refractivity contribution >= 4 is 22.8 Å². The van der Waals surface area contributed by atoms with E-state index >= 15 is 0 Å². The van der Waals surface area contributed by atoms with E-state index in [1.54, 1.807) is 0 Å². The molecule has 0 spiro atoms. The molecule has 1 aromatic heterocycles. The number of allylic oxidation sites excluding steroid dienone is 3. The van der Waals surface area contributed by atoms with Gasteiger partial charge in [-0.05, 0) is 48.6 Å². The Labute approximate surface area is 198 Å². The van der Waals surface area contributed by atoms with Crippen molar-refractivity contribution in [3.63, 3.8) is 0 Å². The second-order valence-electron chi connectivity index (χ2n) is 8.61. The van der Waals surface area contributed by atoms with E-state index in [0.29, 0.717) is 0 Å². The Morgan fingerprint density at radius 1 is 1.13 bits per heavy atom. The van der Waals surface area contributed by atoms with E-state index in [1.807, 2.05) is 0 Å². The topological polar surface area (TPSA) is 50.2 Å². The van der Waals surface area contributed by atoms with Crippen LogP contribution in [0.2, 0.25) is 0 Å². The minimum atomic E-state index is -0.125. The maximum Gasteiger partial charge on any atom is 0.155 e. The molecule has 1 radical (unpaired) electrons. The molecule has 4 rings (SSSR count). The quantitative estimate of drug-likeness (QED) is 0.208. The number of carbonyl (C=O) groups is 1. The third-order valence-electron chi connectivity index (χ3n) is 4.99. The number of para-hydroxylation sites is 1. The average Bonchev–Trinajstić information content (AvgIpc) is 3.16. The summed E-state index contributed by atoms with van der Waals surface area (Å²) in [6.45, 7) is 9.53. The van der Waals surface area contributed by atoms with Gasteiger partial charge >= 0.3 is 0 Å². The number of aromatic nitrogens is 1. The van der Waals surface area contributed by atoms with E-state index in [1.165, 1.54) is 42.0 Å². The smallest absolute Gasteiger partial charge is 0.155 e. The molecular formula is C27H28IrNO2-. The zero-order chi connectivity index (χ0) is 21.9. The molecule has 31 heavy (non-hydrogen) atoms. The van der Waals surface area contributed by atoms with E-state index in [0.717, 1.165) is 23.2 Å². The van der Waals surface area contributed by atoms with Crippen LogP contribution in [0.4, 0.5) is 0 Å². The molecule has 0 saturated heterocycles. The Balaban J connectivity index is 0.000000373. The molecule has 0 amide bonds. The van der Waals surface area contributed by atoms with Gasteiger partial charge in [0.25, 0.3) is 0 Å². The van der Waals surface area contributed by atoms with Gasteiger partial charge in [-0.1, -0.05) is 51.1 Å². The summed E-state index contributed by atoms with van der Waals surface area (Å²) in [5.41, 5.74) is 7.28. The summed E-state index contributed by atoms with van der Waals surface area (Å²) >= 11 is 0. The number of aliphatic hydroxyl groups excluding tert-OH is 1. The van der Waals surface area contributed by atoms with Gasteiger partial charge in [0.05, 0.1) is 11.3 Å². The van der Waals surface area contributed by atoms with Gasteiger partial charge in [0.1, 0.15) is 0 Å². The molecule has 0 unspecified atom stereocenters. The molecule has 0 bridgehead atoms. The molecule has 0 saturated carbocycles. The number of pyridine rings is 1. The summed E-state index contributed by atoms with van der Waals surface area (Å²) in [5, 5.41) is 9.63. The second kappa shape index (κ2) is 10.2. The Hall–Kier alpha value is -2.55. The van der Waals surface area contributed by atoms with Crippen molar-refractivity contribution in [3.05, 3.63) is 83.1 Å². The van der Waals surface area contributed by atoms with Crippen LogP contribution >= 0.6 is 0 Å². The van der Waals surface area contributed by atoms with Crippen molar-refractivity contribution in [1.29, 1.82) is 0 Å². The first-order chi connectivity index (χ1) is 14.2. The van der Waals surface area contributed by atoms with Crippen molar-refractivity contribution in [2.75, 3.05) is 0 Å². The van der Waals surface area contributed by atoms with Crippen LogP contribution in [0.25, 0.3) is 28.2 Å². The van der Waals surface area contributed by atoms with E-state index in [-0.39, 0.29) is 37.1 Å². The largest absolute Gasteiger partial charge is 0.512 e. The molecule has 4 heteroatoms. The number of rotatable bonds is 2. The number of hydrogen-bond acceptors (Lipinski definition) is 3. The van der Waals surface area contributed by atoms with Crippen LogP contribution in [-0.2, 0) is 36.7 Å². The monoisotopic (exact) mass is 591 g/mol. The average molecular weight is 591 g/mol. The van der Waals surface area contributed by atoms with Gasteiger partial charge in [-0.15, -0.1) is 35.4 Å². The summed E-state index contributed by atoms with van der Waals surface area (Å²) in [7, 11) is 0. The van der Waals surface area contributed by atoms with Crippen molar-refractivity contribution in [1.82, 2.24) is 4.98 Å². The molecule has 0 fully saturated rings. The van der Waals surface area contributed by atoms with Crippen molar-refractivity contribution < 1.29 is 30.0 Å². The van der Waals surface area contributed by atoms with Gasteiger partial charge in [-0.2, -0.15) is 0 Å². The van der Waals surface area contributed by atoms with Crippen molar-refractivity contribution in [3.8, 4) is 11.3 Å². The van der Waals surface area contributed by atoms with E-state index in [4.69, 9.17) is 10.1 Å². The van der Waals surface area contributed by atoms with Gasteiger partial charge in [-0.25, -0.2) is 0 Å². The molecule has 1 heterocycles. The number of hydrogen-bond donors (Lipinski definition) is 1. The zero-order valence-corrected chi connectivity index (χ0v) is 21.0. The first kappa shape index (κ1) is 24.7. The fourth-order valence-electron chi connectivity index (χ4n) is 3.53. The van der Waals surface area contributed by atoms with E-state index in [2.05, 4.69) is 81.5 Å². The summed E-state index contributed by atoms with van der Waals surface area (Å²) < 4.78 is 0. The van der Waals surface area contributed by atoms with Gasteiger partial charge in [0.15, 0.2) is 5.78 Å². The molecule has 1 aliphatic rings. The third kappa shape index (κ3) is 6.00. The Kier molecular flexibility index (Phi) is 8.11. The molecule has 1 aliphatic carbocycles. The van der Waals surface area contributed by atoms with Crippen LogP contribution in [0, 0.1) is 6.07 Å². The first-order valence-electron chi connectivity index (χ1n) is 10.2. The number of benzene rings is 2. The number of nitrogens with zero attached hydrogens (tertiary/aromatic N) is 1. The summed E-state index contributed by atoms with van der Waals surface area (Å²) in [5.74, 6) is -0.0625. The van der Waals surface area contributed by atoms with Gasteiger partial charge in [-0.3, -0.25) is 9.78 Å². The molecule has 3 nitrogen and oxygen atoms in total. The maximum absolute atomic E-state index is 10.0. The van der Waals surface area contributed by atoms with E-state index < -0.39 is 0 Å². The van der Waals surface area contributed by atoms with Gasteiger partial charge in [0.2, 0.25) is 0 Å². The minimum Gasteiger partial charge on any atom is -0.512 e. The first-order valence-corrected chi connectivity index (χ1v) is 10.2. The third-order valence-corrected chi connectivity index (χ3v) is 4.99. The number of ketones is 1. The zero-order valence-electron chi connectivity index (χ0n) is 18.6. The fourth-order valence-corrected chi connectivity index (χ4v) is 3.53. The van der Waals surface area contributed by atoms with Gasteiger partial charge in [0, 0.05) is 31.6 Å². The predicted octanol–water partition coefficient (Wildman–Crippen LogP) is 6.60. The summed E-state index contributed by atoms with van der Waals surface area (Å²) in [6, 6.07) is 18.3. The molecule has 163 valence electrons. The van der Waals surface area contributed by atoms with Crippen molar-refractivity contribution in [2.45, 2.75) is 46.5 Å².